The molecule has 6 nitrogen and oxygen atoms in total. The van der Waals surface area contributed by atoms with Crippen molar-refractivity contribution in [1.82, 2.24) is 14.7 Å². The standard InChI is InChI=1S/C15H18BrN3O3S2/c1-2-18(13-7-8-24(20,21)9-13)10-19-15(23)22-14(17-19)11-3-5-12(16)6-4-11/h3-6,13H,2,7-10H2,1H3/t13-/m1/s1. The fourth-order valence-corrected chi connectivity index (χ4v) is 5.02. The summed E-state index contributed by atoms with van der Waals surface area (Å²) in [6.07, 6.45) is 0.654. The minimum absolute atomic E-state index is 0.00901. The third kappa shape index (κ3) is 3.96. The van der Waals surface area contributed by atoms with Crippen molar-refractivity contribution in [3.8, 4) is 11.5 Å². The molecule has 1 fully saturated rings. The molecule has 0 radical (unpaired) electrons. The first-order valence-electron chi connectivity index (χ1n) is 7.66. The summed E-state index contributed by atoms with van der Waals surface area (Å²) < 4.78 is 31.6. The molecule has 24 heavy (non-hydrogen) atoms. The van der Waals surface area contributed by atoms with E-state index in [1.165, 1.54) is 0 Å². The van der Waals surface area contributed by atoms with Gasteiger partial charge in [-0.3, -0.25) is 4.90 Å². The van der Waals surface area contributed by atoms with Gasteiger partial charge in [0.1, 0.15) is 0 Å². The first kappa shape index (κ1) is 17.8. The summed E-state index contributed by atoms with van der Waals surface area (Å²) in [4.78, 5) is 2.36. The van der Waals surface area contributed by atoms with Crippen molar-refractivity contribution in [3.05, 3.63) is 33.6 Å². The molecular weight excluding hydrogens is 414 g/mol. The second kappa shape index (κ2) is 7.07. The predicted octanol–water partition coefficient (Wildman–Crippen LogP) is 3.10. The van der Waals surface area contributed by atoms with Crippen molar-refractivity contribution in [2.45, 2.75) is 26.1 Å². The number of benzene rings is 1. The Labute approximate surface area is 154 Å². The summed E-state index contributed by atoms with van der Waals surface area (Å²) >= 11 is 8.66. The number of nitrogens with zero attached hydrogens (tertiary/aromatic N) is 3. The summed E-state index contributed by atoms with van der Waals surface area (Å²) in [5.41, 5.74) is 0.842. The third-order valence-corrected chi connectivity index (χ3v) is 6.72. The lowest BCUT2D eigenvalue weighted by Crippen LogP contribution is -2.37. The van der Waals surface area contributed by atoms with Crippen LogP contribution in [0.15, 0.2) is 33.2 Å². The summed E-state index contributed by atoms with van der Waals surface area (Å²) in [5.74, 6) is 0.913. The number of sulfone groups is 1. The highest BCUT2D eigenvalue weighted by Gasteiger charge is 2.32. The summed E-state index contributed by atoms with van der Waals surface area (Å²) in [5, 5.41) is 4.44. The van der Waals surface area contributed by atoms with Crippen molar-refractivity contribution in [3.63, 3.8) is 0 Å². The molecule has 130 valence electrons. The summed E-state index contributed by atoms with van der Waals surface area (Å²) in [6, 6.07) is 7.63. The van der Waals surface area contributed by atoms with E-state index in [1.54, 1.807) is 4.68 Å². The molecule has 1 aromatic heterocycles. The van der Waals surface area contributed by atoms with Crippen LogP contribution >= 0.6 is 28.1 Å². The van der Waals surface area contributed by atoms with Gasteiger partial charge in [0.2, 0.25) is 5.89 Å². The highest BCUT2D eigenvalue weighted by molar-refractivity contribution is 9.10. The number of hydrogen-bond donors (Lipinski definition) is 0. The van der Waals surface area contributed by atoms with Gasteiger partial charge in [-0.2, -0.15) is 0 Å². The Morgan fingerprint density at radius 1 is 1.42 bits per heavy atom. The van der Waals surface area contributed by atoms with Crippen LogP contribution in [0.25, 0.3) is 11.5 Å². The maximum absolute atomic E-state index is 11.7. The quantitative estimate of drug-likeness (QED) is 0.677. The zero-order chi connectivity index (χ0) is 17.3. The van der Waals surface area contributed by atoms with Gasteiger partial charge in [-0.1, -0.05) is 22.9 Å². The normalized spacial score (nSPS) is 19.9. The molecule has 1 saturated heterocycles. The van der Waals surface area contributed by atoms with E-state index in [0.29, 0.717) is 19.0 Å². The van der Waals surface area contributed by atoms with Gasteiger partial charge in [-0.15, -0.1) is 5.10 Å². The monoisotopic (exact) mass is 431 g/mol. The molecule has 3 rings (SSSR count). The van der Waals surface area contributed by atoms with E-state index in [9.17, 15) is 8.42 Å². The maximum Gasteiger partial charge on any atom is 0.288 e. The van der Waals surface area contributed by atoms with Crippen LogP contribution in [-0.4, -0.2) is 47.2 Å². The molecule has 0 aliphatic carbocycles. The molecule has 0 bridgehead atoms. The first-order valence-corrected chi connectivity index (χ1v) is 10.7. The fraction of sp³-hybridized carbons (Fsp3) is 0.467. The van der Waals surface area contributed by atoms with Gasteiger partial charge < -0.3 is 4.42 Å². The molecule has 0 spiro atoms. The predicted molar refractivity (Wildman–Crippen MR) is 97.9 cm³/mol. The number of halogens is 1. The Morgan fingerprint density at radius 3 is 2.71 bits per heavy atom. The van der Waals surface area contributed by atoms with E-state index >= 15 is 0 Å². The molecule has 2 aromatic rings. The zero-order valence-corrected chi connectivity index (χ0v) is 16.4. The van der Waals surface area contributed by atoms with Gasteiger partial charge in [-0.25, -0.2) is 13.1 Å². The minimum atomic E-state index is -2.92. The van der Waals surface area contributed by atoms with E-state index in [4.69, 9.17) is 16.6 Å². The van der Waals surface area contributed by atoms with Crippen molar-refractivity contribution < 1.29 is 12.8 Å². The van der Waals surface area contributed by atoms with Gasteiger partial charge in [0.05, 0.1) is 18.2 Å². The Kier molecular flexibility index (Phi) is 5.24. The Bertz CT molecular complexity index is 874. The van der Waals surface area contributed by atoms with E-state index < -0.39 is 9.84 Å². The van der Waals surface area contributed by atoms with E-state index in [0.717, 1.165) is 16.6 Å². The van der Waals surface area contributed by atoms with Crippen LogP contribution < -0.4 is 0 Å². The average Bonchev–Trinajstić information content (AvgIpc) is 3.08. The van der Waals surface area contributed by atoms with Crippen LogP contribution in [0.1, 0.15) is 13.3 Å². The van der Waals surface area contributed by atoms with Crippen LogP contribution in [0.4, 0.5) is 0 Å². The average molecular weight is 432 g/mol. The van der Waals surface area contributed by atoms with Gasteiger partial charge in [-0.05, 0) is 49.4 Å². The highest BCUT2D eigenvalue weighted by atomic mass is 79.9. The lowest BCUT2D eigenvalue weighted by atomic mass is 10.2. The lowest BCUT2D eigenvalue weighted by molar-refractivity contribution is 0.162. The number of hydrogen-bond acceptors (Lipinski definition) is 6. The van der Waals surface area contributed by atoms with Crippen molar-refractivity contribution >= 4 is 38.0 Å². The van der Waals surface area contributed by atoms with Gasteiger partial charge in [0.15, 0.2) is 9.84 Å². The van der Waals surface area contributed by atoms with Crippen LogP contribution in [0.3, 0.4) is 0 Å². The van der Waals surface area contributed by atoms with E-state index in [1.807, 2.05) is 31.2 Å². The second-order valence-electron chi connectivity index (χ2n) is 5.78. The second-order valence-corrected chi connectivity index (χ2v) is 9.28. The number of rotatable bonds is 5. The largest absolute Gasteiger partial charge is 0.409 e. The highest BCUT2D eigenvalue weighted by Crippen LogP contribution is 2.22. The first-order chi connectivity index (χ1) is 11.4. The van der Waals surface area contributed by atoms with Crippen LogP contribution in [0.2, 0.25) is 0 Å². The SMILES string of the molecule is CCN(Cn1nc(-c2ccc(Br)cc2)oc1=S)[C@@H]1CCS(=O)(=O)C1. The molecule has 0 amide bonds. The van der Waals surface area contributed by atoms with Crippen LogP contribution in [-0.2, 0) is 16.5 Å². The molecule has 1 aliphatic heterocycles. The van der Waals surface area contributed by atoms with Crippen molar-refractivity contribution in [2.24, 2.45) is 0 Å². The zero-order valence-electron chi connectivity index (χ0n) is 13.2. The molecule has 1 aromatic carbocycles. The molecule has 9 heteroatoms. The molecular formula is C15H18BrN3O3S2. The van der Waals surface area contributed by atoms with E-state index in [-0.39, 0.29) is 22.4 Å². The summed E-state index contributed by atoms with van der Waals surface area (Å²) in [7, 11) is -2.92. The third-order valence-electron chi connectivity index (χ3n) is 4.14. The molecule has 1 atom stereocenters. The number of aromatic nitrogens is 2. The van der Waals surface area contributed by atoms with Crippen LogP contribution in [0.5, 0.6) is 0 Å². The lowest BCUT2D eigenvalue weighted by Gasteiger charge is -2.25. The molecule has 0 saturated carbocycles. The van der Waals surface area contributed by atoms with Crippen LogP contribution in [0, 0.1) is 4.84 Å². The Balaban J connectivity index is 1.80. The fourth-order valence-electron chi connectivity index (χ4n) is 2.81. The van der Waals surface area contributed by atoms with Crippen molar-refractivity contribution in [1.29, 1.82) is 0 Å². The molecule has 0 unspecified atom stereocenters. The molecule has 0 N–H and O–H groups in total. The van der Waals surface area contributed by atoms with E-state index in [2.05, 4.69) is 25.9 Å². The maximum atomic E-state index is 11.7. The Hall–Kier alpha value is -1.03. The Morgan fingerprint density at radius 2 is 2.12 bits per heavy atom. The minimum Gasteiger partial charge on any atom is -0.409 e. The van der Waals surface area contributed by atoms with Gasteiger partial charge in [0, 0.05) is 16.1 Å². The van der Waals surface area contributed by atoms with Crippen molar-refractivity contribution in [2.75, 3.05) is 18.1 Å². The van der Waals surface area contributed by atoms with Gasteiger partial charge >= 0.3 is 0 Å². The topological polar surface area (TPSA) is 68.3 Å². The summed E-state index contributed by atoms with van der Waals surface area (Å²) in [6.45, 7) is 3.16. The van der Waals surface area contributed by atoms with Gasteiger partial charge in [0.25, 0.3) is 4.84 Å². The molecule has 1 aliphatic rings. The smallest absolute Gasteiger partial charge is 0.288 e. The molecule has 2 heterocycles.